The highest BCUT2D eigenvalue weighted by atomic mass is 79.9. The van der Waals surface area contributed by atoms with Crippen molar-refractivity contribution in [2.24, 2.45) is 11.0 Å². The van der Waals surface area contributed by atoms with Crippen LogP contribution in [-0.4, -0.2) is 30.2 Å². The van der Waals surface area contributed by atoms with Crippen LogP contribution in [0.4, 0.5) is 5.69 Å². The zero-order valence-corrected chi connectivity index (χ0v) is 18.2. The number of benzene rings is 2. The Morgan fingerprint density at radius 1 is 1.17 bits per heavy atom. The van der Waals surface area contributed by atoms with Crippen molar-refractivity contribution in [2.75, 3.05) is 12.4 Å². The molecule has 158 valence electrons. The smallest absolute Gasteiger partial charge is 0.271 e. The molecule has 0 spiro atoms. The van der Waals surface area contributed by atoms with Crippen molar-refractivity contribution < 1.29 is 19.4 Å². The molecule has 0 atom stereocenters. The Labute approximate surface area is 183 Å². The number of nitrogens with zero attached hydrogens (tertiary/aromatic N) is 1. The van der Waals surface area contributed by atoms with Gasteiger partial charge in [-0.15, -0.1) is 0 Å². The fourth-order valence-electron chi connectivity index (χ4n) is 3.37. The maximum absolute atomic E-state index is 12.3. The van der Waals surface area contributed by atoms with E-state index in [1.165, 1.54) is 19.7 Å². The molecule has 1 aliphatic rings. The average Bonchev–Trinajstić information content (AvgIpc) is 2.77. The molecule has 30 heavy (non-hydrogen) atoms. The molecule has 1 saturated carbocycles. The van der Waals surface area contributed by atoms with Crippen molar-refractivity contribution in [3.05, 3.63) is 52.0 Å². The normalized spacial score (nSPS) is 14.5. The van der Waals surface area contributed by atoms with E-state index in [0.717, 1.165) is 25.7 Å². The lowest BCUT2D eigenvalue weighted by molar-refractivity contribution is -0.120. The highest BCUT2D eigenvalue weighted by Gasteiger charge is 2.21. The number of phenols is 1. The third-order valence-corrected chi connectivity index (χ3v) is 5.65. The zero-order valence-electron chi connectivity index (χ0n) is 16.7. The van der Waals surface area contributed by atoms with Gasteiger partial charge in [-0.2, -0.15) is 5.10 Å². The van der Waals surface area contributed by atoms with E-state index in [1.807, 2.05) is 0 Å². The molecule has 1 fully saturated rings. The van der Waals surface area contributed by atoms with E-state index < -0.39 is 0 Å². The number of amides is 2. The molecule has 8 heteroatoms. The molecule has 0 aliphatic heterocycles. The van der Waals surface area contributed by atoms with E-state index in [9.17, 15) is 14.7 Å². The summed E-state index contributed by atoms with van der Waals surface area (Å²) in [5.74, 6) is 0.0418. The van der Waals surface area contributed by atoms with Crippen molar-refractivity contribution in [3.8, 4) is 11.5 Å². The molecular formula is C22H24BrN3O4. The van der Waals surface area contributed by atoms with Crippen molar-refractivity contribution in [1.29, 1.82) is 0 Å². The predicted molar refractivity (Wildman–Crippen MR) is 119 cm³/mol. The molecule has 2 amide bonds. The third kappa shape index (κ3) is 5.60. The van der Waals surface area contributed by atoms with Gasteiger partial charge < -0.3 is 15.2 Å². The molecule has 2 aromatic carbocycles. The SMILES string of the molecule is COc1cc(/C=N/NC(=O)c2ccc(NC(=O)C3CCCCC3)cc2)cc(Br)c1O. The van der Waals surface area contributed by atoms with E-state index in [2.05, 4.69) is 31.8 Å². The molecule has 3 N–H and O–H groups in total. The van der Waals surface area contributed by atoms with Crippen LogP contribution < -0.4 is 15.5 Å². The Bertz CT molecular complexity index is 938. The lowest BCUT2D eigenvalue weighted by Gasteiger charge is -2.20. The second kappa shape index (κ2) is 10.2. The average molecular weight is 474 g/mol. The second-order valence-electron chi connectivity index (χ2n) is 7.15. The summed E-state index contributed by atoms with van der Waals surface area (Å²) in [5, 5.41) is 16.7. The molecule has 3 rings (SSSR count). The van der Waals surface area contributed by atoms with Gasteiger partial charge in [0.2, 0.25) is 5.91 Å². The number of anilines is 1. The van der Waals surface area contributed by atoms with Gasteiger partial charge in [-0.05, 0) is 70.7 Å². The number of methoxy groups -OCH3 is 1. The van der Waals surface area contributed by atoms with Crippen LogP contribution in [0.2, 0.25) is 0 Å². The number of hydrazone groups is 1. The molecule has 0 radical (unpaired) electrons. The minimum Gasteiger partial charge on any atom is -0.503 e. The number of hydrogen-bond donors (Lipinski definition) is 3. The molecule has 0 saturated heterocycles. The zero-order chi connectivity index (χ0) is 21.5. The van der Waals surface area contributed by atoms with Crippen LogP contribution in [0, 0.1) is 5.92 Å². The van der Waals surface area contributed by atoms with E-state index in [0.29, 0.717) is 27.0 Å². The van der Waals surface area contributed by atoms with Gasteiger partial charge in [-0.1, -0.05) is 19.3 Å². The third-order valence-electron chi connectivity index (χ3n) is 5.04. The predicted octanol–water partition coefficient (Wildman–Crippen LogP) is 4.45. The van der Waals surface area contributed by atoms with Crippen molar-refractivity contribution in [1.82, 2.24) is 5.43 Å². The van der Waals surface area contributed by atoms with Gasteiger partial charge in [0, 0.05) is 17.2 Å². The van der Waals surface area contributed by atoms with Gasteiger partial charge in [0.05, 0.1) is 17.8 Å². The van der Waals surface area contributed by atoms with Gasteiger partial charge in [0.25, 0.3) is 5.91 Å². The van der Waals surface area contributed by atoms with Crippen LogP contribution in [0.3, 0.4) is 0 Å². The maximum Gasteiger partial charge on any atom is 0.271 e. The minimum atomic E-state index is -0.374. The summed E-state index contributed by atoms with van der Waals surface area (Å²) in [6.45, 7) is 0. The number of hydrogen-bond acceptors (Lipinski definition) is 5. The molecule has 7 nitrogen and oxygen atoms in total. The fourth-order valence-corrected chi connectivity index (χ4v) is 3.83. The molecule has 2 aromatic rings. The van der Waals surface area contributed by atoms with Gasteiger partial charge >= 0.3 is 0 Å². The minimum absolute atomic E-state index is 0.00523. The Kier molecular flexibility index (Phi) is 7.46. The van der Waals surface area contributed by atoms with E-state index in [4.69, 9.17) is 4.74 Å². The molecular weight excluding hydrogens is 450 g/mol. The summed E-state index contributed by atoms with van der Waals surface area (Å²) in [6, 6.07) is 9.95. The molecule has 1 aliphatic carbocycles. The summed E-state index contributed by atoms with van der Waals surface area (Å²) in [6.07, 6.45) is 6.73. The number of rotatable bonds is 6. The number of phenolic OH excluding ortho intramolecular Hbond substituents is 1. The highest BCUT2D eigenvalue weighted by molar-refractivity contribution is 9.10. The lowest BCUT2D eigenvalue weighted by atomic mass is 9.88. The highest BCUT2D eigenvalue weighted by Crippen LogP contribution is 2.34. The summed E-state index contributed by atoms with van der Waals surface area (Å²) >= 11 is 3.24. The monoisotopic (exact) mass is 473 g/mol. The fraction of sp³-hybridized carbons (Fsp3) is 0.318. The Morgan fingerprint density at radius 3 is 2.53 bits per heavy atom. The Hall–Kier alpha value is -2.87. The number of ether oxygens (including phenoxy) is 1. The topological polar surface area (TPSA) is 100 Å². The Morgan fingerprint density at radius 2 is 1.87 bits per heavy atom. The first-order chi connectivity index (χ1) is 14.5. The second-order valence-corrected chi connectivity index (χ2v) is 8.01. The first kappa shape index (κ1) is 21.8. The lowest BCUT2D eigenvalue weighted by Crippen LogP contribution is -2.24. The summed E-state index contributed by atoms with van der Waals surface area (Å²) < 4.78 is 5.54. The van der Waals surface area contributed by atoms with Crippen LogP contribution >= 0.6 is 15.9 Å². The Balaban J connectivity index is 1.56. The molecule has 0 heterocycles. The van der Waals surface area contributed by atoms with Gasteiger partial charge in [0.15, 0.2) is 11.5 Å². The maximum atomic E-state index is 12.3. The number of aromatic hydroxyl groups is 1. The number of nitrogens with one attached hydrogen (secondary N) is 2. The van der Waals surface area contributed by atoms with Gasteiger partial charge in [-0.25, -0.2) is 5.43 Å². The van der Waals surface area contributed by atoms with Crippen LogP contribution in [0.1, 0.15) is 48.0 Å². The van der Waals surface area contributed by atoms with Crippen molar-refractivity contribution in [2.45, 2.75) is 32.1 Å². The first-order valence-electron chi connectivity index (χ1n) is 9.78. The van der Waals surface area contributed by atoms with Gasteiger partial charge in [-0.3, -0.25) is 9.59 Å². The van der Waals surface area contributed by atoms with Crippen LogP contribution in [-0.2, 0) is 4.79 Å². The van der Waals surface area contributed by atoms with Crippen LogP contribution in [0.25, 0.3) is 0 Å². The van der Waals surface area contributed by atoms with E-state index >= 15 is 0 Å². The molecule has 0 unspecified atom stereocenters. The number of carbonyl (C=O) groups excluding carboxylic acids is 2. The first-order valence-corrected chi connectivity index (χ1v) is 10.6. The van der Waals surface area contributed by atoms with Gasteiger partial charge in [0.1, 0.15) is 0 Å². The summed E-state index contributed by atoms with van der Waals surface area (Å²) in [4.78, 5) is 24.6. The quantitative estimate of drug-likeness (QED) is 0.426. The summed E-state index contributed by atoms with van der Waals surface area (Å²) in [7, 11) is 1.45. The van der Waals surface area contributed by atoms with Crippen LogP contribution in [0.5, 0.6) is 11.5 Å². The standard InChI is InChI=1S/C22H24BrN3O4/c1-30-19-12-14(11-18(23)20(19)27)13-24-26-22(29)16-7-9-17(10-8-16)25-21(28)15-5-3-2-4-6-15/h7-13,15,27H,2-6H2,1H3,(H,25,28)(H,26,29)/b24-13+. The number of carbonyl (C=O) groups is 2. The largest absolute Gasteiger partial charge is 0.503 e. The molecule has 0 bridgehead atoms. The van der Waals surface area contributed by atoms with Crippen molar-refractivity contribution >= 4 is 39.6 Å². The van der Waals surface area contributed by atoms with Crippen molar-refractivity contribution in [3.63, 3.8) is 0 Å². The van der Waals surface area contributed by atoms with E-state index in [-0.39, 0.29) is 23.5 Å². The van der Waals surface area contributed by atoms with Crippen LogP contribution in [0.15, 0.2) is 46.0 Å². The summed E-state index contributed by atoms with van der Waals surface area (Å²) in [5.41, 5.74) is 4.19. The van der Waals surface area contributed by atoms with E-state index in [1.54, 1.807) is 36.4 Å². The number of halogens is 1. The molecule has 0 aromatic heterocycles.